The maximum atomic E-state index is 12.4. The Labute approximate surface area is 136 Å². The van der Waals surface area contributed by atoms with Gasteiger partial charge in [0.05, 0.1) is 24.7 Å². The van der Waals surface area contributed by atoms with Gasteiger partial charge in [-0.3, -0.25) is 14.4 Å². The number of hydrogen-bond acceptors (Lipinski definition) is 7. The van der Waals surface area contributed by atoms with Gasteiger partial charge < -0.3 is 14.2 Å². The summed E-state index contributed by atoms with van der Waals surface area (Å²) in [6, 6.07) is 6.21. The van der Waals surface area contributed by atoms with Gasteiger partial charge in [-0.15, -0.1) is 0 Å². The highest BCUT2D eigenvalue weighted by Crippen LogP contribution is 2.27. The number of carbonyl (C=O) groups excluding carboxylic acids is 4. The van der Waals surface area contributed by atoms with Gasteiger partial charge in [0.15, 0.2) is 5.70 Å². The fraction of sp³-hybridized carbons (Fsp3) is 0.250. The zero-order valence-corrected chi connectivity index (χ0v) is 12.7. The van der Waals surface area contributed by atoms with Crippen molar-refractivity contribution in [1.29, 1.82) is 0 Å². The Balaban J connectivity index is 1.90. The van der Waals surface area contributed by atoms with Crippen molar-refractivity contribution >= 4 is 23.8 Å². The first kappa shape index (κ1) is 15.7. The van der Waals surface area contributed by atoms with Gasteiger partial charge in [0, 0.05) is 6.42 Å². The molecule has 24 heavy (non-hydrogen) atoms. The van der Waals surface area contributed by atoms with Crippen LogP contribution < -0.4 is 0 Å². The molecule has 124 valence electrons. The van der Waals surface area contributed by atoms with Crippen LogP contribution in [0.5, 0.6) is 0 Å². The number of esters is 2. The molecule has 0 bridgehead atoms. The average molecular weight is 331 g/mol. The molecule has 2 aliphatic rings. The minimum absolute atomic E-state index is 0.185. The summed E-state index contributed by atoms with van der Waals surface area (Å²) in [4.78, 5) is 48.6. The van der Waals surface area contributed by atoms with E-state index in [-0.39, 0.29) is 23.2 Å². The van der Waals surface area contributed by atoms with Crippen molar-refractivity contribution in [2.24, 2.45) is 0 Å². The molecule has 0 N–H and O–H groups in total. The molecule has 1 saturated heterocycles. The number of hydrogen-bond donors (Lipinski definition) is 0. The van der Waals surface area contributed by atoms with Gasteiger partial charge in [0.25, 0.3) is 11.8 Å². The summed E-state index contributed by atoms with van der Waals surface area (Å²) < 4.78 is 14.7. The van der Waals surface area contributed by atoms with Crippen molar-refractivity contribution in [2.75, 3.05) is 7.11 Å². The highest BCUT2D eigenvalue weighted by molar-refractivity contribution is 6.24. The number of imide groups is 1. The van der Waals surface area contributed by atoms with Crippen LogP contribution in [0.1, 0.15) is 33.6 Å². The minimum atomic E-state index is -0.922. The van der Waals surface area contributed by atoms with Crippen LogP contribution in [0.25, 0.3) is 0 Å². The Hall–Kier alpha value is -3.16. The molecule has 8 nitrogen and oxygen atoms in total. The number of cyclic esters (lactones) is 1. The lowest BCUT2D eigenvalue weighted by Crippen LogP contribution is -2.34. The molecule has 1 aromatic carbocycles. The van der Waals surface area contributed by atoms with Crippen molar-refractivity contribution in [3.05, 3.63) is 47.4 Å². The molecule has 8 heteroatoms. The number of carbonyl (C=O) groups is 4. The highest BCUT2D eigenvalue weighted by atomic mass is 16.7. The number of rotatable bonds is 4. The SMILES string of the molecule is COC(=O)/C(=C/O[C@@H]1CCC(=O)O1)N1C(=O)c2ccccc2C1=O. The molecule has 0 aliphatic carbocycles. The van der Waals surface area contributed by atoms with Gasteiger partial charge >= 0.3 is 11.9 Å². The molecule has 3 rings (SSSR count). The first-order valence-electron chi connectivity index (χ1n) is 7.14. The van der Waals surface area contributed by atoms with Gasteiger partial charge in [-0.25, -0.2) is 9.69 Å². The number of methoxy groups -OCH3 is 1. The van der Waals surface area contributed by atoms with E-state index >= 15 is 0 Å². The maximum absolute atomic E-state index is 12.4. The smallest absolute Gasteiger partial charge is 0.358 e. The van der Waals surface area contributed by atoms with Crippen molar-refractivity contribution in [2.45, 2.75) is 19.1 Å². The number of benzene rings is 1. The van der Waals surface area contributed by atoms with Crippen molar-refractivity contribution in [3.63, 3.8) is 0 Å². The molecule has 0 unspecified atom stereocenters. The lowest BCUT2D eigenvalue weighted by molar-refractivity contribution is -0.154. The van der Waals surface area contributed by atoms with E-state index in [4.69, 9.17) is 9.47 Å². The van der Waals surface area contributed by atoms with Gasteiger partial charge in [0.1, 0.15) is 6.26 Å². The van der Waals surface area contributed by atoms with E-state index in [0.717, 1.165) is 13.4 Å². The zero-order valence-electron chi connectivity index (χ0n) is 12.7. The van der Waals surface area contributed by atoms with E-state index in [0.29, 0.717) is 11.3 Å². The van der Waals surface area contributed by atoms with Crippen LogP contribution in [-0.4, -0.2) is 42.1 Å². The Bertz CT molecular complexity index is 732. The summed E-state index contributed by atoms with van der Waals surface area (Å²) >= 11 is 0. The van der Waals surface area contributed by atoms with E-state index < -0.39 is 30.0 Å². The Morgan fingerprint density at radius 3 is 2.33 bits per heavy atom. The molecular formula is C16H13NO7. The summed E-state index contributed by atoms with van der Waals surface area (Å²) in [5.74, 6) is -2.65. The Morgan fingerprint density at radius 2 is 1.83 bits per heavy atom. The Kier molecular flexibility index (Phi) is 4.03. The van der Waals surface area contributed by atoms with Crippen LogP contribution in [0.2, 0.25) is 0 Å². The van der Waals surface area contributed by atoms with Crippen molar-refractivity contribution in [3.8, 4) is 0 Å². The summed E-state index contributed by atoms with van der Waals surface area (Å²) in [7, 11) is 1.12. The van der Waals surface area contributed by atoms with E-state index in [9.17, 15) is 19.2 Å². The molecule has 1 atom stereocenters. The third kappa shape index (κ3) is 2.62. The minimum Gasteiger partial charge on any atom is -0.464 e. The number of amides is 2. The molecule has 0 radical (unpaired) electrons. The predicted octanol–water partition coefficient (Wildman–Crippen LogP) is 0.977. The Morgan fingerprint density at radius 1 is 1.21 bits per heavy atom. The van der Waals surface area contributed by atoms with Crippen LogP contribution in [0.3, 0.4) is 0 Å². The zero-order chi connectivity index (χ0) is 17.3. The molecule has 2 aliphatic heterocycles. The molecule has 1 aromatic rings. The first-order chi connectivity index (χ1) is 11.5. The summed E-state index contributed by atoms with van der Waals surface area (Å²) in [6.45, 7) is 0. The van der Waals surface area contributed by atoms with E-state index in [2.05, 4.69) is 4.74 Å². The topological polar surface area (TPSA) is 99.2 Å². The molecule has 2 heterocycles. The van der Waals surface area contributed by atoms with E-state index in [1.54, 1.807) is 12.1 Å². The van der Waals surface area contributed by atoms with Crippen LogP contribution >= 0.6 is 0 Å². The molecule has 0 saturated carbocycles. The largest absolute Gasteiger partial charge is 0.464 e. The summed E-state index contributed by atoms with van der Waals surface area (Å²) in [6.07, 6.45) is 0.550. The highest BCUT2D eigenvalue weighted by Gasteiger charge is 2.40. The normalized spacial score (nSPS) is 20.0. The van der Waals surface area contributed by atoms with Crippen molar-refractivity contribution < 1.29 is 33.4 Å². The molecular weight excluding hydrogens is 318 g/mol. The van der Waals surface area contributed by atoms with Gasteiger partial charge in [-0.05, 0) is 12.1 Å². The number of nitrogens with zero attached hydrogens (tertiary/aromatic N) is 1. The second kappa shape index (κ2) is 6.15. The molecule has 0 spiro atoms. The average Bonchev–Trinajstić information content (AvgIpc) is 3.11. The van der Waals surface area contributed by atoms with Crippen molar-refractivity contribution in [1.82, 2.24) is 4.90 Å². The van der Waals surface area contributed by atoms with E-state index in [1.807, 2.05) is 0 Å². The molecule has 1 fully saturated rings. The first-order valence-corrected chi connectivity index (χ1v) is 7.14. The number of ether oxygens (including phenoxy) is 3. The number of fused-ring (bicyclic) bond motifs is 1. The lowest BCUT2D eigenvalue weighted by Gasteiger charge is -2.17. The second-order valence-corrected chi connectivity index (χ2v) is 5.08. The van der Waals surface area contributed by atoms with Crippen LogP contribution in [0.4, 0.5) is 0 Å². The fourth-order valence-electron chi connectivity index (χ4n) is 2.44. The lowest BCUT2D eigenvalue weighted by atomic mass is 10.1. The molecule has 2 amide bonds. The van der Waals surface area contributed by atoms with E-state index in [1.165, 1.54) is 12.1 Å². The van der Waals surface area contributed by atoms with Crippen LogP contribution in [0.15, 0.2) is 36.2 Å². The van der Waals surface area contributed by atoms with Gasteiger partial charge in [0.2, 0.25) is 6.29 Å². The van der Waals surface area contributed by atoms with Crippen LogP contribution in [0, 0.1) is 0 Å². The van der Waals surface area contributed by atoms with Gasteiger partial charge in [-0.1, -0.05) is 12.1 Å². The fourth-order valence-corrected chi connectivity index (χ4v) is 2.44. The quantitative estimate of drug-likeness (QED) is 0.351. The predicted molar refractivity (Wildman–Crippen MR) is 77.2 cm³/mol. The third-order valence-corrected chi connectivity index (χ3v) is 3.61. The standard InChI is InChI=1S/C16H13NO7/c1-22-16(21)11(8-23-13-7-6-12(18)24-13)17-14(19)9-4-2-3-5-10(9)15(17)20/h2-5,8,13H,6-7H2,1H3/b11-8-/t13-/m0/s1. The maximum Gasteiger partial charge on any atom is 0.358 e. The monoisotopic (exact) mass is 331 g/mol. The van der Waals surface area contributed by atoms with Gasteiger partial charge in [-0.2, -0.15) is 0 Å². The summed E-state index contributed by atoms with van der Waals surface area (Å²) in [5.41, 5.74) is -0.0131. The second-order valence-electron chi connectivity index (χ2n) is 5.08. The van der Waals surface area contributed by atoms with Crippen LogP contribution in [-0.2, 0) is 23.8 Å². The summed E-state index contributed by atoms with van der Waals surface area (Å²) in [5, 5.41) is 0. The third-order valence-electron chi connectivity index (χ3n) is 3.61. The molecule has 0 aromatic heterocycles.